The first kappa shape index (κ1) is 28.0. The highest BCUT2D eigenvalue weighted by atomic mass is 16.6. The van der Waals surface area contributed by atoms with Gasteiger partial charge < -0.3 is 25.2 Å². The summed E-state index contributed by atoms with van der Waals surface area (Å²) < 4.78 is 10.4. The zero-order valence-electron chi connectivity index (χ0n) is 22.3. The second-order valence-electron chi connectivity index (χ2n) is 10.7. The number of carbonyl (C=O) groups is 2. The molecule has 1 aliphatic carbocycles. The van der Waals surface area contributed by atoms with Gasteiger partial charge >= 0.3 is 18.1 Å². The maximum atomic E-state index is 13.2. The molecule has 0 radical (unpaired) electrons. The summed E-state index contributed by atoms with van der Waals surface area (Å²) in [7, 11) is 1.49. The minimum absolute atomic E-state index is 0.0454. The number of anilines is 1. The summed E-state index contributed by atoms with van der Waals surface area (Å²) in [5.74, 6) is 0.384. The molecule has 0 bridgehead atoms. The molecule has 0 unspecified atom stereocenters. The van der Waals surface area contributed by atoms with Crippen LogP contribution in [-0.2, 0) is 4.74 Å². The standard InChI is InChI=1S/C25H37N7O5/c1-24(2,3)37-23(34)31-17-7-9-18(10-8-17)32(22(33)30-15-25(4,5)35)20-14-26-19(13-27-20)16-11-28-21(36-6)29-12-16/h11-14,17-18,35H,7-10,15H2,1-6H3,(H,30,33)(H,31,34). The van der Waals surface area contributed by atoms with Crippen LogP contribution in [0.5, 0.6) is 6.01 Å². The molecular weight excluding hydrogens is 478 g/mol. The molecule has 1 saturated carbocycles. The third-order valence-corrected chi connectivity index (χ3v) is 5.67. The van der Waals surface area contributed by atoms with Gasteiger partial charge in [-0.05, 0) is 60.3 Å². The van der Waals surface area contributed by atoms with Crippen molar-refractivity contribution in [3.8, 4) is 17.3 Å². The van der Waals surface area contributed by atoms with Crippen molar-refractivity contribution in [1.82, 2.24) is 30.6 Å². The van der Waals surface area contributed by atoms with E-state index in [2.05, 4.69) is 30.6 Å². The lowest BCUT2D eigenvalue weighted by molar-refractivity contribution is 0.0491. The maximum absolute atomic E-state index is 13.2. The molecule has 1 aliphatic rings. The number of amides is 3. The number of urea groups is 1. The predicted molar refractivity (Wildman–Crippen MR) is 137 cm³/mol. The van der Waals surface area contributed by atoms with Crippen LogP contribution >= 0.6 is 0 Å². The van der Waals surface area contributed by atoms with E-state index in [1.54, 1.807) is 37.3 Å². The van der Waals surface area contributed by atoms with Crippen LogP contribution in [0.25, 0.3) is 11.3 Å². The lowest BCUT2D eigenvalue weighted by atomic mass is 9.90. The Morgan fingerprint density at radius 2 is 1.65 bits per heavy atom. The molecule has 12 heteroatoms. The molecule has 3 amide bonds. The number of nitrogens with zero attached hydrogens (tertiary/aromatic N) is 5. The number of rotatable bonds is 7. The first-order valence-electron chi connectivity index (χ1n) is 12.3. The minimum Gasteiger partial charge on any atom is -0.467 e. The first-order chi connectivity index (χ1) is 17.3. The van der Waals surface area contributed by atoms with E-state index >= 15 is 0 Å². The number of hydrogen-bond acceptors (Lipinski definition) is 9. The van der Waals surface area contributed by atoms with Crippen molar-refractivity contribution in [2.75, 3.05) is 18.6 Å². The summed E-state index contributed by atoms with van der Waals surface area (Å²) in [4.78, 5) is 44.2. The fourth-order valence-corrected chi connectivity index (χ4v) is 3.94. The molecule has 0 aromatic carbocycles. The molecule has 37 heavy (non-hydrogen) atoms. The van der Waals surface area contributed by atoms with E-state index in [-0.39, 0.29) is 30.7 Å². The van der Waals surface area contributed by atoms with E-state index in [4.69, 9.17) is 9.47 Å². The predicted octanol–water partition coefficient (Wildman–Crippen LogP) is 3.07. The lowest BCUT2D eigenvalue weighted by Gasteiger charge is -2.36. The number of aromatic nitrogens is 4. The van der Waals surface area contributed by atoms with Crippen LogP contribution in [0, 0.1) is 0 Å². The van der Waals surface area contributed by atoms with Crippen LogP contribution in [0.1, 0.15) is 60.3 Å². The minimum atomic E-state index is -1.07. The van der Waals surface area contributed by atoms with Gasteiger partial charge in [0.25, 0.3) is 0 Å². The molecular formula is C25H37N7O5. The van der Waals surface area contributed by atoms with Crippen LogP contribution in [0.3, 0.4) is 0 Å². The molecule has 2 heterocycles. The monoisotopic (exact) mass is 515 g/mol. The van der Waals surface area contributed by atoms with Crippen LogP contribution in [0.2, 0.25) is 0 Å². The summed E-state index contributed by atoms with van der Waals surface area (Å²) in [6.07, 6.45) is 8.46. The van der Waals surface area contributed by atoms with Gasteiger partial charge in [0.2, 0.25) is 0 Å². The van der Waals surface area contributed by atoms with Crippen LogP contribution < -0.4 is 20.3 Å². The van der Waals surface area contributed by atoms with Gasteiger partial charge in [0.05, 0.1) is 30.8 Å². The van der Waals surface area contributed by atoms with Gasteiger partial charge in [-0.3, -0.25) is 9.88 Å². The number of alkyl carbamates (subject to hydrolysis) is 1. The molecule has 0 aliphatic heterocycles. The van der Waals surface area contributed by atoms with Crippen molar-refractivity contribution in [3.05, 3.63) is 24.8 Å². The average Bonchev–Trinajstić information content (AvgIpc) is 2.83. The summed E-state index contributed by atoms with van der Waals surface area (Å²) in [5, 5.41) is 15.8. The molecule has 2 aromatic heterocycles. The topological polar surface area (TPSA) is 152 Å². The van der Waals surface area contributed by atoms with Gasteiger partial charge in [0, 0.05) is 36.6 Å². The number of carbonyl (C=O) groups excluding carboxylic acids is 2. The van der Waals surface area contributed by atoms with Gasteiger partial charge in [-0.25, -0.2) is 24.5 Å². The van der Waals surface area contributed by atoms with E-state index in [1.165, 1.54) is 13.3 Å². The third-order valence-electron chi connectivity index (χ3n) is 5.67. The zero-order chi connectivity index (χ0) is 27.2. The second kappa shape index (κ2) is 11.7. The lowest BCUT2D eigenvalue weighted by Crippen LogP contribution is -2.52. The number of hydrogen-bond donors (Lipinski definition) is 3. The summed E-state index contributed by atoms with van der Waals surface area (Å²) in [6.45, 7) is 8.78. The number of ether oxygens (including phenoxy) is 2. The fourth-order valence-electron chi connectivity index (χ4n) is 3.94. The van der Waals surface area contributed by atoms with Gasteiger partial charge in [-0.1, -0.05) is 0 Å². The Labute approximate surface area is 217 Å². The maximum Gasteiger partial charge on any atom is 0.407 e. The third kappa shape index (κ3) is 8.52. The Hall–Kier alpha value is -3.54. The number of methoxy groups -OCH3 is 1. The van der Waals surface area contributed by atoms with Crippen molar-refractivity contribution in [3.63, 3.8) is 0 Å². The largest absolute Gasteiger partial charge is 0.467 e. The Kier molecular flexibility index (Phi) is 8.85. The highest BCUT2D eigenvalue weighted by molar-refractivity contribution is 5.91. The van der Waals surface area contributed by atoms with E-state index in [0.29, 0.717) is 42.8 Å². The SMILES string of the molecule is COc1ncc(-c2cnc(N(C(=O)NCC(C)(C)O)C3CCC(NC(=O)OC(C)(C)C)CC3)cn2)cn1. The average molecular weight is 516 g/mol. The van der Waals surface area contributed by atoms with Crippen molar-refractivity contribution in [2.24, 2.45) is 0 Å². The van der Waals surface area contributed by atoms with Crippen molar-refractivity contribution >= 4 is 17.9 Å². The van der Waals surface area contributed by atoms with Gasteiger partial charge in [0.1, 0.15) is 5.60 Å². The normalized spacial score (nSPS) is 18.0. The molecule has 1 fully saturated rings. The summed E-state index contributed by atoms with van der Waals surface area (Å²) in [6, 6.07) is -0.334. The van der Waals surface area contributed by atoms with Crippen molar-refractivity contribution in [1.29, 1.82) is 0 Å². The Bertz CT molecular complexity index is 1040. The van der Waals surface area contributed by atoms with Gasteiger partial charge in [0.15, 0.2) is 5.82 Å². The van der Waals surface area contributed by atoms with Crippen molar-refractivity contribution < 1.29 is 24.2 Å². The van der Waals surface area contributed by atoms with Crippen molar-refractivity contribution in [2.45, 2.75) is 83.6 Å². The highest BCUT2D eigenvalue weighted by Crippen LogP contribution is 2.28. The Balaban J connectivity index is 1.73. The molecule has 202 valence electrons. The van der Waals surface area contributed by atoms with E-state index in [1.807, 2.05) is 20.8 Å². The molecule has 0 spiro atoms. The first-order valence-corrected chi connectivity index (χ1v) is 12.3. The highest BCUT2D eigenvalue weighted by Gasteiger charge is 2.32. The fraction of sp³-hybridized carbons (Fsp3) is 0.600. The van der Waals surface area contributed by atoms with E-state index in [0.717, 1.165) is 0 Å². The number of nitrogens with one attached hydrogen (secondary N) is 2. The summed E-state index contributed by atoms with van der Waals surface area (Å²) >= 11 is 0. The van der Waals surface area contributed by atoms with Crippen LogP contribution in [0.15, 0.2) is 24.8 Å². The number of aliphatic hydroxyl groups is 1. The Morgan fingerprint density at radius 1 is 1.00 bits per heavy atom. The summed E-state index contributed by atoms with van der Waals surface area (Å²) in [5.41, 5.74) is -0.431. The molecule has 3 rings (SSSR count). The molecule has 0 saturated heterocycles. The Morgan fingerprint density at radius 3 is 2.16 bits per heavy atom. The molecule has 12 nitrogen and oxygen atoms in total. The zero-order valence-corrected chi connectivity index (χ0v) is 22.3. The molecule has 0 atom stereocenters. The van der Waals surface area contributed by atoms with E-state index in [9.17, 15) is 14.7 Å². The van der Waals surface area contributed by atoms with Gasteiger partial charge in [-0.2, -0.15) is 0 Å². The smallest absolute Gasteiger partial charge is 0.407 e. The quantitative estimate of drug-likeness (QED) is 0.505. The molecule has 2 aromatic rings. The molecule has 3 N–H and O–H groups in total. The van der Waals surface area contributed by atoms with Crippen LogP contribution in [-0.4, -0.2) is 74.1 Å². The van der Waals surface area contributed by atoms with Gasteiger partial charge in [-0.15, -0.1) is 0 Å². The van der Waals surface area contributed by atoms with E-state index < -0.39 is 17.3 Å². The van der Waals surface area contributed by atoms with Crippen LogP contribution in [0.4, 0.5) is 15.4 Å². The second-order valence-corrected chi connectivity index (χ2v) is 10.7.